The molecule has 0 aliphatic rings. The second-order valence-electron chi connectivity index (χ2n) is 8.85. The number of carbonyl (C=O) groups is 1. The summed E-state index contributed by atoms with van der Waals surface area (Å²) in [7, 11) is 1.45. The van der Waals surface area contributed by atoms with Crippen molar-refractivity contribution in [3.63, 3.8) is 0 Å². The summed E-state index contributed by atoms with van der Waals surface area (Å²) in [5.74, 6) is -0.0992. The highest BCUT2D eigenvalue weighted by Gasteiger charge is 2.04. The van der Waals surface area contributed by atoms with Gasteiger partial charge in [-0.05, 0) is 51.4 Å². The molecule has 0 saturated carbocycles. The van der Waals surface area contributed by atoms with E-state index >= 15 is 0 Å². The van der Waals surface area contributed by atoms with E-state index in [0.717, 1.165) is 51.4 Å². The van der Waals surface area contributed by atoms with Crippen molar-refractivity contribution in [1.29, 1.82) is 0 Å². The number of unbranched alkanes of at least 4 members (excludes halogenated alkanes) is 13. The van der Waals surface area contributed by atoms with Gasteiger partial charge in [-0.25, -0.2) is 0 Å². The van der Waals surface area contributed by atoms with Gasteiger partial charge < -0.3 is 24.4 Å². The molecule has 0 aliphatic heterocycles. The first-order chi connectivity index (χ1) is 16.2. The molecule has 0 spiro atoms. The fourth-order valence-corrected chi connectivity index (χ4v) is 3.55. The van der Waals surface area contributed by atoms with Crippen molar-refractivity contribution >= 4 is 5.97 Å². The van der Waals surface area contributed by atoms with E-state index in [9.17, 15) is 9.90 Å². The Kier molecular flexibility index (Phi) is 26.5. The van der Waals surface area contributed by atoms with Crippen molar-refractivity contribution in [2.75, 3.05) is 40.1 Å². The third-order valence-electron chi connectivity index (χ3n) is 5.62. The van der Waals surface area contributed by atoms with Crippen LogP contribution in [-0.2, 0) is 19.0 Å². The van der Waals surface area contributed by atoms with E-state index in [0.29, 0.717) is 32.8 Å². The molecule has 0 aromatic heterocycles. The predicted octanol–water partition coefficient (Wildman–Crippen LogP) is 5.73. The van der Waals surface area contributed by atoms with Gasteiger partial charge in [0, 0.05) is 26.2 Å². The van der Waals surface area contributed by atoms with Crippen LogP contribution in [0.3, 0.4) is 0 Å². The molecule has 33 heavy (non-hydrogen) atoms. The number of carbonyl (C=O) groups excluding carboxylic acids is 1. The monoisotopic (exact) mass is 472 g/mol. The Balaban J connectivity index is 3.20. The predicted molar refractivity (Wildman–Crippen MR) is 134 cm³/mol. The lowest BCUT2D eigenvalue weighted by Gasteiger charge is -2.12. The van der Waals surface area contributed by atoms with Gasteiger partial charge in [-0.3, -0.25) is 4.79 Å². The number of hydrogen-bond donors (Lipinski definition) is 2. The first-order valence-electron chi connectivity index (χ1n) is 13.4. The molecular weight excluding hydrogens is 420 g/mol. The maximum absolute atomic E-state index is 11.0. The minimum absolute atomic E-state index is 0.0992. The minimum atomic E-state index is -0.540. The second-order valence-corrected chi connectivity index (χ2v) is 8.85. The van der Waals surface area contributed by atoms with Crippen molar-refractivity contribution in [3.05, 3.63) is 12.2 Å². The molecule has 0 radical (unpaired) electrons. The summed E-state index contributed by atoms with van der Waals surface area (Å²) in [5, 5.41) is 18.5. The van der Waals surface area contributed by atoms with Crippen LogP contribution in [0.5, 0.6) is 0 Å². The molecule has 0 amide bonds. The molecule has 0 heterocycles. The van der Waals surface area contributed by atoms with E-state index in [2.05, 4.69) is 16.9 Å². The number of esters is 1. The summed E-state index contributed by atoms with van der Waals surface area (Å²) in [6.07, 6.45) is 22.6. The zero-order valence-electron chi connectivity index (χ0n) is 21.3. The van der Waals surface area contributed by atoms with Crippen LogP contribution in [0.1, 0.15) is 109 Å². The van der Waals surface area contributed by atoms with Crippen molar-refractivity contribution in [1.82, 2.24) is 0 Å². The number of hydrogen-bond acceptors (Lipinski definition) is 6. The van der Waals surface area contributed by atoms with Crippen LogP contribution >= 0.6 is 0 Å². The Morgan fingerprint density at radius 1 is 0.697 bits per heavy atom. The number of aliphatic hydroxyl groups is 2. The van der Waals surface area contributed by atoms with Gasteiger partial charge >= 0.3 is 5.97 Å². The van der Waals surface area contributed by atoms with Gasteiger partial charge in [-0.2, -0.15) is 0 Å². The molecule has 196 valence electrons. The lowest BCUT2D eigenvalue weighted by molar-refractivity contribution is -0.140. The van der Waals surface area contributed by atoms with Crippen LogP contribution in [0.25, 0.3) is 0 Å². The first-order valence-corrected chi connectivity index (χ1v) is 13.4. The highest BCUT2D eigenvalue weighted by Crippen LogP contribution is 2.10. The van der Waals surface area contributed by atoms with Crippen molar-refractivity contribution in [3.8, 4) is 0 Å². The number of allylic oxidation sites excluding steroid dienone is 2. The lowest BCUT2D eigenvalue weighted by atomic mass is 10.1. The Hall–Kier alpha value is -0.950. The van der Waals surface area contributed by atoms with E-state index in [1.165, 1.54) is 58.5 Å². The SMILES string of the molecule is COC(=O)CCCCCCC=CCCCCCCCCOCC(O)COCCCCCCO. The van der Waals surface area contributed by atoms with E-state index in [1.807, 2.05) is 0 Å². The van der Waals surface area contributed by atoms with E-state index < -0.39 is 6.10 Å². The van der Waals surface area contributed by atoms with E-state index in [-0.39, 0.29) is 12.6 Å². The number of methoxy groups -OCH3 is 1. The van der Waals surface area contributed by atoms with Crippen molar-refractivity contribution < 1.29 is 29.2 Å². The zero-order valence-corrected chi connectivity index (χ0v) is 21.3. The Bertz CT molecular complexity index is 427. The van der Waals surface area contributed by atoms with Crippen LogP contribution < -0.4 is 0 Å². The molecule has 1 atom stereocenters. The van der Waals surface area contributed by atoms with Gasteiger partial charge in [0.2, 0.25) is 0 Å². The Morgan fingerprint density at radius 2 is 1.15 bits per heavy atom. The van der Waals surface area contributed by atoms with Crippen LogP contribution in [0.15, 0.2) is 12.2 Å². The zero-order chi connectivity index (χ0) is 24.2. The van der Waals surface area contributed by atoms with Crippen LogP contribution in [0.4, 0.5) is 0 Å². The molecule has 0 fully saturated rings. The van der Waals surface area contributed by atoms with Gasteiger partial charge in [0.1, 0.15) is 6.10 Å². The minimum Gasteiger partial charge on any atom is -0.469 e. The summed E-state index contributed by atoms with van der Waals surface area (Å²) in [5.41, 5.74) is 0. The molecule has 0 saturated heterocycles. The van der Waals surface area contributed by atoms with E-state index in [1.54, 1.807) is 0 Å². The average Bonchev–Trinajstić information content (AvgIpc) is 2.82. The standard InChI is InChI=1S/C27H52O6/c1-31-27(30)20-16-12-10-8-6-4-2-3-5-7-9-11-14-18-22-32-24-26(29)25-33-23-19-15-13-17-21-28/h2,4,26,28-29H,3,5-25H2,1H3. The number of aliphatic hydroxyl groups excluding tert-OH is 2. The van der Waals surface area contributed by atoms with Crippen LogP contribution in [0, 0.1) is 0 Å². The highest BCUT2D eigenvalue weighted by atomic mass is 16.5. The first kappa shape index (κ1) is 32.0. The fourth-order valence-electron chi connectivity index (χ4n) is 3.55. The molecule has 1 unspecified atom stereocenters. The number of rotatable bonds is 26. The summed E-state index contributed by atoms with van der Waals surface area (Å²) in [6, 6.07) is 0. The van der Waals surface area contributed by atoms with Crippen molar-refractivity contribution in [2.24, 2.45) is 0 Å². The smallest absolute Gasteiger partial charge is 0.305 e. The van der Waals surface area contributed by atoms with Gasteiger partial charge in [0.05, 0.1) is 20.3 Å². The molecule has 2 N–H and O–H groups in total. The fraction of sp³-hybridized carbons (Fsp3) is 0.889. The highest BCUT2D eigenvalue weighted by molar-refractivity contribution is 5.68. The molecule has 0 rings (SSSR count). The quantitative estimate of drug-likeness (QED) is 0.0949. The van der Waals surface area contributed by atoms with Gasteiger partial charge in [0.25, 0.3) is 0 Å². The maximum Gasteiger partial charge on any atom is 0.305 e. The Labute approximate surface area is 203 Å². The summed E-state index contributed by atoms with van der Waals surface area (Å²) < 4.78 is 15.6. The summed E-state index contributed by atoms with van der Waals surface area (Å²) in [6.45, 7) is 2.33. The molecule has 0 bridgehead atoms. The van der Waals surface area contributed by atoms with Gasteiger partial charge in [-0.15, -0.1) is 0 Å². The maximum atomic E-state index is 11.0. The normalized spacial score (nSPS) is 12.5. The summed E-state index contributed by atoms with van der Waals surface area (Å²) >= 11 is 0. The molecule has 0 aromatic rings. The van der Waals surface area contributed by atoms with Crippen LogP contribution in [-0.4, -0.2) is 62.4 Å². The average molecular weight is 473 g/mol. The largest absolute Gasteiger partial charge is 0.469 e. The topological polar surface area (TPSA) is 85.2 Å². The molecule has 6 nitrogen and oxygen atoms in total. The molecule has 0 aliphatic carbocycles. The summed E-state index contributed by atoms with van der Waals surface area (Å²) in [4.78, 5) is 11.0. The molecule has 6 heteroatoms. The lowest BCUT2D eigenvalue weighted by Crippen LogP contribution is -2.22. The molecular formula is C27H52O6. The third kappa shape index (κ3) is 27.2. The number of ether oxygens (including phenoxy) is 3. The third-order valence-corrected chi connectivity index (χ3v) is 5.62. The Morgan fingerprint density at radius 3 is 1.67 bits per heavy atom. The van der Waals surface area contributed by atoms with Crippen LogP contribution in [0.2, 0.25) is 0 Å². The molecule has 0 aromatic carbocycles. The second kappa shape index (κ2) is 27.3. The van der Waals surface area contributed by atoms with Crippen molar-refractivity contribution in [2.45, 2.75) is 115 Å². The van der Waals surface area contributed by atoms with Gasteiger partial charge in [-0.1, -0.05) is 63.5 Å². The van der Waals surface area contributed by atoms with Gasteiger partial charge in [0.15, 0.2) is 0 Å². The van der Waals surface area contributed by atoms with E-state index in [4.69, 9.17) is 14.6 Å².